The molecular formula is C19H26N4O2. The van der Waals surface area contributed by atoms with Crippen molar-refractivity contribution >= 4 is 0 Å². The van der Waals surface area contributed by atoms with Gasteiger partial charge in [-0.1, -0.05) is 29.8 Å². The van der Waals surface area contributed by atoms with Crippen molar-refractivity contribution in [2.24, 2.45) is 0 Å². The van der Waals surface area contributed by atoms with Gasteiger partial charge in [-0.2, -0.15) is 4.98 Å². The second-order valence-corrected chi connectivity index (χ2v) is 6.91. The second kappa shape index (κ2) is 8.08. The third-order valence-electron chi connectivity index (χ3n) is 5.16. The predicted octanol–water partition coefficient (Wildman–Crippen LogP) is 2.42. The van der Waals surface area contributed by atoms with Crippen LogP contribution in [-0.4, -0.2) is 65.4 Å². The maximum Gasteiger partial charge on any atom is 0.257 e. The molecule has 2 aliphatic heterocycles. The summed E-state index contributed by atoms with van der Waals surface area (Å²) in [6, 6.07) is 10.5. The summed E-state index contributed by atoms with van der Waals surface area (Å²) in [6.07, 6.45) is 3.82. The number of aromatic nitrogens is 2. The average Bonchev–Trinajstić information content (AvgIpc) is 3.14. The molecule has 0 amide bonds. The third-order valence-corrected chi connectivity index (χ3v) is 5.16. The monoisotopic (exact) mass is 342 g/mol. The molecule has 1 atom stereocenters. The van der Waals surface area contributed by atoms with Gasteiger partial charge in [0.2, 0.25) is 0 Å². The smallest absolute Gasteiger partial charge is 0.257 e. The topological polar surface area (TPSA) is 54.6 Å². The summed E-state index contributed by atoms with van der Waals surface area (Å²) in [5, 5.41) is 4.21. The number of hydrogen-bond donors (Lipinski definition) is 0. The van der Waals surface area contributed by atoms with Gasteiger partial charge < -0.3 is 9.26 Å². The summed E-state index contributed by atoms with van der Waals surface area (Å²) in [6.45, 7) is 6.81. The van der Waals surface area contributed by atoms with E-state index in [1.165, 1.54) is 19.3 Å². The number of piperidine rings is 1. The first-order valence-corrected chi connectivity index (χ1v) is 9.30. The van der Waals surface area contributed by atoms with Gasteiger partial charge in [-0.15, -0.1) is 0 Å². The molecule has 0 bridgehead atoms. The fraction of sp³-hybridized carbons (Fsp3) is 0.579. The maximum absolute atomic E-state index is 5.47. The highest BCUT2D eigenvalue weighted by Gasteiger charge is 2.26. The summed E-state index contributed by atoms with van der Waals surface area (Å²) in [7, 11) is 0. The molecular weight excluding hydrogens is 316 g/mol. The van der Waals surface area contributed by atoms with Crippen LogP contribution in [-0.2, 0) is 11.3 Å². The lowest BCUT2D eigenvalue weighted by molar-refractivity contribution is 0.0148. The van der Waals surface area contributed by atoms with Crippen molar-refractivity contribution in [3.05, 3.63) is 36.2 Å². The first-order chi connectivity index (χ1) is 12.4. The highest BCUT2D eigenvalue weighted by atomic mass is 16.5. The molecule has 0 aliphatic carbocycles. The lowest BCUT2D eigenvalue weighted by Gasteiger charge is -2.39. The zero-order valence-electron chi connectivity index (χ0n) is 14.6. The number of rotatable bonds is 5. The van der Waals surface area contributed by atoms with Crippen LogP contribution in [0.15, 0.2) is 34.9 Å². The van der Waals surface area contributed by atoms with Crippen molar-refractivity contribution in [1.29, 1.82) is 0 Å². The molecule has 2 aliphatic rings. The summed E-state index contributed by atoms with van der Waals surface area (Å²) < 4.78 is 10.9. The van der Waals surface area contributed by atoms with E-state index < -0.39 is 0 Å². The van der Waals surface area contributed by atoms with E-state index in [0.29, 0.717) is 11.9 Å². The van der Waals surface area contributed by atoms with E-state index in [1.54, 1.807) is 0 Å². The molecule has 6 heteroatoms. The number of hydrogen-bond acceptors (Lipinski definition) is 6. The van der Waals surface area contributed by atoms with Gasteiger partial charge in [0.25, 0.3) is 5.89 Å². The summed E-state index contributed by atoms with van der Waals surface area (Å²) in [5.74, 6) is 1.39. The molecule has 25 heavy (non-hydrogen) atoms. The Kier molecular flexibility index (Phi) is 5.40. The van der Waals surface area contributed by atoms with Gasteiger partial charge in [0.05, 0.1) is 19.8 Å². The quantitative estimate of drug-likeness (QED) is 0.832. The number of nitrogens with zero attached hydrogens (tertiary/aromatic N) is 4. The maximum atomic E-state index is 5.47. The van der Waals surface area contributed by atoms with Gasteiger partial charge in [0.15, 0.2) is 5.82 Å². The summed E-state index contributed by atoms with van der Waals surface area (Å²) in [4.78, 5) is 9.66. The Labute approximate surface area is 148 Å². The highest BCUT2D eigenvalue weighted by molar-refractivity contribution is 5.51. The standard InChI is InChI=1S/C19H26N4O2/c1-2-6-16(7-3-1)19-20-18(21-25-19)15-23-9-5-4-8-17(23)14-22-10-12-24-13-11-22/h1-3,6-7,17H,4-5,8-15H2/t17-/m0/s1. The molecule has 1 aromatic heterocycles. The Balaban J connectivity index is 1.40. The fourth-order valence-electron chi connectivity index (χ4n) is 3.75. The van der Waals surface area contributed by atoms with E-state index in [2.05, 4.69) is 19.9 Å². The Hall–Kier alpha value is -1.76. The van der Waals surface area contributed by atoms with Crippen molar-refractivity contribution in [3.63, 3.8) is 0 Å². The normalized spacial score (nSPS) is 23.0. The molecule has 1 aromatic carbocycles. The second-order valence-electron chi connectivity index (χ2n) is 6.91. The first-order valence-electron chi connectivity index (χ1n) is 9.30. The lowest BCUT2D eigenvalue weighted by atomic mass is 10.0. The van der Waals surface area contributed by atoms with Crippen LogP contribution < -0.4 is 0 Å². The van der Waals surface area contributed by atoms with Crippen molar-refractivity contribution in [2.75, 3.05) is 39.4 Å². The molecule has 0 spiro atoms. The van der Waals surface area contributed by atoms with Crippen LogP contribution in [0.5, 0.6) is 0 Å². The zero-order chi connectivity index (χ0) is 16.9. The zero-order valence-corrected chi connectivity index (χ0v) is 14.6. The molecule has 2 aromatic rings. The highest BCUT2D eigenvalue weighted by Crippen LogP contribution is 2.22. The minimum Gasteiger partial charge on any atom is -0.379 e. The van der Waals surface area contributed by atoms with E-state index in [4.69, 9.17) is 9.26 Å². The molecule has 6 nitrogen and oxygen atoms in total. The van der Waals surface area contributed by atoms with Crippen molar-refractivity contribution in [1.82, 2.24) is 19.9 Å². The molecule has 0 radical (unpaired) electrons. The summed E-state index contributed by atoms with van der Waals surface area (Å²) >= 11 is 0. The summed E-state index contributed by atoms with van der Waals surface area (Å²) in [5.41, 5.74) is 0.977. The van der Waals surface area contributed by atoms with Gasteiger partial charge in [-0.3, -0.25) is 9.80 Å². The number of ether oxygens (including phenoxy) is 1. The molecule has 134 valence electrons. The van der Waals surface area contributed by atoms with Crippen LogP contribution in [0.1, 0.15) is 25.1 Å². The van der Waals surface area contributed by atoms with Crippen LogP contribution in [0, 0.1) is 0 Å². The number of likely N-dealkylation sites (tertiary alicyclic amines) is 1. The van der Waals surface area contributed by atoms with Crippen LogP contribution in [0.3, 0.4) is 0 Å². The first kappa shape index (κ1) is 16.7. The van der Waals surface area contributed by atoms with Gasteiger partial charge in [0, 0.05) is 31.2 Å². The molecule has 3 heterocycles. The van der Waals surface area contributed by atoms with Crippen molar-refractivity contribution < 1.29 is 9.26 Å². The van der Waals surface area contributed by atoms with E-state index >= 15 is 0 Å². The Bertz CT molecular complexity index is 654. The largest absolute Gasteiger partial charge is 0.379 e. The Morgan fingerprint density at radius 3 is 2.72 bits per heavy atom. The third kappa shape index (κ3) is 4.26. The Morgan fingerprint density at radius 1 is 1.04 bits per heavy atom. The van der Waals surface area contributed by atoms with Crippen LogP contribution >= 0.6 is 0 Å². The van der Waals surface area contributed by atoms with Gasteiger partial charge in [-0.05, 0) is 31.5 Å². The molecule has 4 rings (SSSR count). The number of morpholine rings is 1. The minimum absolute atomic E-state index is 0.575. The van der Waals surface area contributed by atoms with Crippen LogP contribution in [0.25, 0.3) is 11.5 Å². The number of benzene rings is 1. The van der Waals surface area contributed by atoms with Gasteiger partial charge in [0.1, 0.15) is 0 Å². The molecule has 0 N–H and O–H groups in total. The molecule has 2 saturated heterocycles. The van der Waals surface area contributed by atoms with Crippen molar-refractivity contribution in [2.45, 2.75) is 31.8 Å². The predicted molar refractivity (Wildman–Crippen MR) is 95.0 cm³/mol. The minimum atomic E-state index is 0.575. The average molecular weight is 342 g/mol. The van der Waals surface area contributed by atoms with Crippen LogP contribution in [0.2, 0.25) is 0 Å². The van der Waals surface area contributed by atoms with E-state index in [9.17, 15) is 0 Å². The van der Waals surface area contributed by atoms with Crippen molar-refractivity contribution in [3.8, 4) is 11.5 Å². The molecule has 0 saturated carbocycles. The lowest BCUT2D eigenvalue weighted by Crippen LogP contribution is -2.49. The van der Waals surface area contributed by atoms with E-state index in [1.807, 2.05) is 30.3 Å². The Morgan fingerprint density at radius 2 is 1.88 bits per heavy atom. The van der Waals surface area contributed by atoms with Gasteiger partial charge >= 0.3 is 0 Å². The van der Waals surface area contributed by atoms with Crippen LogP contribution in [0.4, 0.5) is 0 Å². The SMILES string of the molecule is c1ccc(-c2nc(CN3CCCC[C@H]3CN3CCOCC3)no2)cc1. The van der Waals surface area contributed by atoms with E-state index in [0.717, 1.165) is 57.3 Å². The van der Waals surface area contributed by atoms with E-state index in [-0.39, 0.29) is 0 Å². The molecule has 0 unspecified atom stereocenters. The molecule has 2 fully saturated rings. The van der Waals surface area contributed by atoms with Gasteiger partial charge in [-0.25, -0.2) is 0 Å². The fourth-order valence-corrected chi connectivity index (χ4v) is 3.75.